The van der Waals surface area contributed by atoms with E-state index in [9.17, 15) is 0 Å². The summed E-state index contributed by atoms with van der Waals surface area (Å²) in [6.07, 6.45) is -0.495. The first-order chi connectivity index (χ1) is 19.3. The van der Waals surface area contributed by atoms with E-state index >= 15 is 0 Å². The van der Waals surface area contributed by atoms with E-state index in [0.717, 1.165) is 50.7 Å². The number of hydrogen-bond acceptors (Lipinski definition) is 5. The van der Waals surface area contributed by atoms with Gasteiger partial charge in [0.1, 0.15) is 23.9 Å². The maximum atomic E-state index is 6.12. The normalized spacial score (nSPS) is 19.7. The highest BCUT2D eigenvalue weighted by Gasteiger charge is 2.27. The van der Waals surface area contributed by atoms with Crippen molar-refractivity contribution < 1.29 is 4.74 Å². The molecule has 3 atom stereocenters. The van der Waals surface area contributed by atoms with E-state index in [1.807, 2.05) is 48.5 Å². The summed E-state index contributed by atoms with van der Waals surface area (Å²) in [5.74, 6) is 1.76. The van der Waals surface area contributed by atoms with Crippen LogP contribution in [-0.4, -0.2) is 5.84 Å². The predicted octanol–water partition coefficient (Wildman–Crippen LogP) is 7.19. The Morgan fingerprint density at radius 1 is 0.564 bits per heavy atom. The Morgan fingerprint density at radius 3 is 2.05 bits per heavy atom. The summed E-state index contributed by atoms with van der Waals surface area (Å²) in [7, 11) is 0. The zero-order chi connectivity index (χ0) is 26.0. The second kappa shape index (κ2) is 10.1. The van der Waals surface area contributed by atoms with Crippen LogP contribution in [-0.2, 0) is 0 Å². The number of benzene rings is 5. The topological polar surface area (TPSA) is 57.7 Å². The summed E-state index contributed by atoms with van der Waals surface area (Å²) >= 11 is 0. The minimum Gasteiger partial charge on any atom is -0.464 e. The number of hydrogen-bond donors (Lipinski definition) is 3. The van der Waals surface area contributed by atoms with Crippen molar-refractivity contribution in [2.45, 2.75) is 18.6 Å². The first-order valence-corrected chi connectivity index (χ1v) is 13.2. The lowest BCUT2D eigenvalue weighted by molar-refractivity contribution is 0.260. The number of amidine groups is 1. The van der Waals surface area contributed by atoms with Crippen molar-refractivity contribution >= 4 is 11.5 Å². The van der Waals surface area contributed by atoms with E-state index in [1.165, 1.54) is 0 Å². The van der Waals surface area contributed by atoms with Crippen LogP contribution in [0.4, 0.5) is 5.69 Å². The quantitative estimate of drug-likeness (QED) is 0.235. The second-order valence-electron chi connectivity index (χ2n) is 9.75. The Labute approximate surface area is 228 Å². The Balaban J connectivity index is 1.22. The molecule has 0 saturated heterocycles. The van der Waals surface area contributed by atoms with E-state index in [2.05, 4.69) is 101 Å². The zero-order valence-electron chi connectivity index (χ0n) is 21.3. The Hall–Kier alpha value is -4.87. The molecule has 0 radical (unpaired) electrons. The van der Waals surface area contributed by atoms with Crippen LogP contribution in [0.1, 0.15) is 40.8 Å². The van der Waals surface area contributed by atoms with Crippen molar-refractivity contribution in [1.82, 2.24) is 10.6 Å². The van der Waals surface area contributed by atoms with Gasteiger partial charge in [0.15, 0.2) is 6.23 Å². The SMILES string of the molecule is c1ccc(C2=NC(c3ccccc3-c3ccc(C4Nc5ccccc5O4)cc3)NC(c3ccccc3)N2)cc1. The third-order valence-electron chi connectivity index (χ3n) is 7.24. The fraction of sp³-hybridized carbons (Fsp3) is 0.0882. The first-order valence-electron chi connectivity index (χ1n) is 13.2. The summed E-state index contributed by atoms with van der Waals surface area (Å²) in [4.78, 5) is 5.15. The Kier molecular flexibility index (Phi) is 6.04. The van der Waals surface area contributed by atoms with Crippen molar-refractivity contribution in [3.63, 3.8) is 0 Å². The number of para-hydroxylation sites is 2. The summed E-state index contributed by atoms with van der Waals surface area (Å²) in [6.45, 7) is 0. The molecule has 0 bridgehead atoms. The largest absolute Gasteiger partial charge is 0.464 e. The zero-order valence-corrected chi connectivity index (χ0v) is 21.3. The molecule has 5 heteroatoms. The number of ether oxygens (including phenoxy) is 1. The maximum absolute atomic E-state index is 6.12. The molecule has 5 aromatic carbocycles. The fourth-order valence-electron chi connectivity index (χ4n) is 5.25. The standard InChI is InChI=1S/C34H28N4O/c1-3-11-24(12-4-1)31-36-32(25-13-5-2-6-14-25)38-33(37-31)28-16-8-7-15-27(28)23-19-21-26(22-20-23)34-35-29-17-9-10-18-30(29)39-34/h1-22,31,33-35,37H,(H,36,38). The van der Waals surface area contributed by atoms with E-state index in [-0.39, 0.29) is 18.6 Å². The van der Waals surface area contributed by atoms with Gasteiger partial charge in [-0.3, -0.25) is 5.32 Å². The highest BCUT2D eigenvalue weighted by atomic mass is 16.5. The Morgan fingerprint density at radius 2 is 1.26 bits per heavy atom. The average Bonchev–Trinajstić information content (AvgIpc) is 3.46. The van der Waals surface area contributed by atoms with Gasteiger partial charge in [-0.1, -0.05) is 121 Å². The molecule has 39 heavy (non-hydrogen) atoms. The number of anilines is 1. The third kappa shape index (κ3) is 4.65. The smallest absolute Gasteiger partial charge is 0.196 e. The molecule has 2 aliphatic rings. The van der Waals surface area contributed by atoms with Crippen molar-refractivity contribution in [3.05, 3.63) is 156 Å². The highest BCUT2D eigenvalue weighted by molar-refractivity contribution is 5.99. The number of nitrogens with zero attached hydrogens (tertiary/aromatic N) is 1. The molecule has 7 rings (SSSR count). The monoisotopic (exact) mass is 508 g/mol. The van der Waals surface area contributed by atoms with E-state index in [1.54, 1.807) is 0 Å². The molecule has 2 aliphatic heterocycles. The number of rotatable bonds is 5. The minimum atomic E-state index is -0.225. The van der Waals surface area contributed by atoms with Crippen LogP contribution >= 0.6 is 0 Å². The molecule has 190 valence electrons. The molecular formula is C34H28N4O. The minimum absolute atomic E-state index is 0.0773. The van der Waals surface area contributed by atoms with Crippen molar-refractivity contribution in [2.24, 2.45) is 4.99 Å². The van der Waals surface area contributed by atoms with E-state index < -0.39 is 0 Å². The van der Waals surface area contributed by atoms with Crippen molar-refractivity contribution in [2.75, 3.05) is 5.32 Å². The van der Waals surface area contributed by atoms with Crippen LogP contribution < -0.4 is 20.7 Å². The lowest BCUT2D eigenvalue weighted by Gasteiger charge is -2.33. The second-order valence-corrected chi connectivity index (χ2v) is 9.75. The van der Waals surface area contributed by atoms with Crippen LogP contribution in [0.25, 0.3) is 11.1 Å². The van der Waals surface area contributed by atoms with E-state index in [0.29, 0.717) is 0 Å². The summed E-state index contributed by atoms with van der Waals surface area (Å²) in [6, 6.07) is 45.9. The summed E-state index contributed by atoms with van der Waals surface area (Å²) < 4.78 is 6.12. The molecule has 5 nitrogen and oxygen atoms in total. The van der Waals surface area contributed by atoms with Gasteiger partial charge >= 0.3 is 0 Å². The molecule has 5 aromatic rings. The lowest BCUT2D eigenvalue weighted by atomic mass is 9.96. The van der Waals surface area contributed by atoms with Crippen LogP contribution in [0.5, 0.6) is 5.75 Å². The molecule has 0 aromatic heterocycles. The number of nitrogens with one attached hydrogen (secondary N) is 3. The number of aliphatic imine (C=N–C) groups is 1. The van der Waals surface area contributed by atoms with Crippen LogP contribution in [0.15, 0.2) is 138 Å². The molecule has 3 unspecified atom stereocenters. The third-order valence-corrected chi connectivity index (χ3v) is 7.24. The van der Waals surface area contributed by atoms with Crippen LogP contribution in [0.3, 0.4) is 0 Å². The fourth-order valence-corrected chi connectivity index (χ4v) is 5.25. The summed E-state index contributed by atoms with van der Waals surface area (Å²) in [5.41, 5.74) is 7.75. The van der Waals surface area contributed by atoms with Gasteiger partial charge in [-0.05, 0) is 34.4 Å². The van der Waals surface area contributed by atoms with Gasteiger partial charge in [-0.15, -0.1) is 0 Å². The van der Waals surface area contributed by atoms with Gasteiger partial charge in [0.05, 0.1) is 5.69 Å². The average molecular weight is 509 g/mol. The maximum Gasteiger partial charge on any atom is 0.196 e. The highest BCUT2D eigenvalue weighted by Crippen LogP contribution is 2.38. The van der Waals surface area contributed by atoms with Crippen LogP contribution in [0.2, 0.25) is 0 Å². The molecule has 2 heterocycles. The molecule has 0 fully saturated rings. The predicted molar refractivity (Wildman–Crippen MR) is 156 cm³/mol. The first kappa shape index (κ1) is 23.3. The van der Waals surface area contributed by atoms with Gasteiger partial charge in [0, 0.05) is 11.1 Å². The summed E-state index contributed by atoms with van der Waals surface area (Å²) in [5, 5.41) is 10.8. The molecule has 0 amide bonds. The molecule has 0 spiro atoms. The molecule has 0 saturated carbocycles. The van der Waals surface area contributed by atoms with E-state index in [4.69, 9.17) is 9.73 Å². The van der Waals surface area contributed by atoms with Crippen LogP contribution in [0, 0.1) is 0 Å². The van der Waals surface area contributed by atoms with Gasteiger partial charge in [-0.2, -0.15) is 0 Å². The van der Waals surface area contributed by atoms with Gasteiger partial charge in [0.25, 0.3) is 0 Å². The molecule has 3 N–H and O–H groups in total. The van der Waals surface area contributed by atoms with Crippen molar-refractivity contribution in [3.8, 4) is 16.9 Å². The lowest BCUT2D eigenvalue weighted by Crippen LogP contribution is -2.45. The Bertz CT molecular complexity index is 1590. The molecular weight excluding hydrogens is 480 g/mol. The van der Waals surface area contributed by atoms with Gasteiger partial charge < -0.3 is 15.4 Å². The number of fused-ring (bicyclic) bond motifs is 1. The van der Waals surface area contributed by atoms with Gasteiger partial charge in [0.2, 0.25) is 0 Å². The van der Waals surface area contributed by atoms with Crippen molar-refractivity contribution in [1.29, 1.82) is 0 Å². The molecule has 0 aliphatic carbocycles. The van der Waals surface area contributed by atoms with Gasteiger partial charge in [-0.25, -0.2) is 4.99 Å².